The van der Waals surface area contributed by atoms with Gasteiger partial charge in [-0.15, -0.1) is 0 Å². The van der Waals surface area contributed by atoms with Crippen LogP contribution in [-0.4, -0.2) is 19.9 Å². The minimum Gasteiger partial charge on any atom is -0.481 e. The van der Waals surface area contributed by atoms with Gasteiger partial charge in [0.05, 0.1) is 8.80 Å². The molecule has 2 aromatic rings. The summed E-state index contributed by atoms with van der Waals surface area (Å²) in [6.45, 7) is 0. The maximum atomic E-state index is 11.0. The predicted molar refractivity (Wildman–Crippen MR) is 80.6 cm³/mol. The number of carboxylic acids is 1. The van der Waals surface area contributed by atoms with E-state index >= 15 is 0 Å². The highest BCUT2D eigenvalue weighted by Crippen LogP contribution is 2.09. The molecule has 0 aromatic heterocycles. The quantitative estimate of drug-likeness (QED) is 0.819. The van der Waals surface area contributed by atoms with Crippen LogP contribution in [0, 0.1) is 0 Å². The molecule has 2 nitrogen and oxygen atoms in total. The lowest BCUT2D eigenvalue weighted by molar-refractivity contribution is -0.134. The molecule has 0 bridgehead atoms. The highest BCUT2D eigenvalue weighted by atomic mass is 28.3. The Hall–Kier alpha value is -1.87. The van der Waals surface area contributed by atoms with Crippen molar-refractivity contribution in [1.29, 1.82) is 0 Å². The largest absolute Gasteiger partial charge is 0.481 e. The fourth-order valence-corrected chi connectivity index (χ4v) is 4.95. The number of rotatable bonds is 6. The molecule has 0 amide bonds. The van der Waals surface area contributed by atoms with E-state index in [2.05, 4.69) is 24.3 Å². The molecule has 0 radical (unpaired) electrons. The van der Waals surface area contributed by atoms with E-state index in [1.807, 2.05) is 36.4 Å². The van der Waals surface area contributed by atoms with Gasteiger partial charge in [-0.3, -0.25) is 4.79 Å². The first-order valence-electron chi connectivity index (χ1n) is 6.56. The molecule has 0 heterocycles. The lowest BCUT2D eigenvalue weighted by Crippen LogP contribution is -2.32. The Kier molecular flexibility index (Phi) is 4.92. The van der Waals surface area contributed by atoms with Crippen molar-refractivity contribution in [3.63, 3.8) is 0 Å². The molecule has 1 N–H and O–H groups in total. The van der Waals surface area contributed by atoms with Crippen LogP contribution in [0.5, 0.6) is 0 Å². The van der Waals surface area contributed by atoms with Crippen LogP contribution in [0.3, 0.4) is 0 Å². The van der Waals surface area contributed by atoms with Crippen molar-refractivity contribution >= 4 is 20.0 Å². The number of aryl methyl sites for hydroxylation is 1. The zero-order chi connectivity index (χ0) is 13.5. The van der Waals surface area contributed by atoms with E-state index in [1.54, 1.807) is 0 Å². The van der Waals surface area contributed by atoms with E-state index in [-0.39, 0.29) is 0 Å². The average Bonchev–Trinajstić information content (AvgIpc) is 2.45. The van der Waals surface area contributed by atoms with Crippen molar-refractivity contribution in [3.05, 3.63) is 66.2 Å². The van der Waals surface area contributed by atoms with Crippen molar-refractivity contribution in [2.75, 3.05) is 0 Å². The maximum Gasteiger partial charge on any atom is 0.300 e. The van der Waals surface area contributed by atoms with E-state index in [1.165, 1.54) is 10.8 Å². The van der Waals surface area contributed by atoms with E-state index < -0.39 is 14.8 Å². The van der Waals surface area contributed by atoms with Crippen LogP contribution in [0.4, 0.5) is 0 Å². The normalized spacial score (nSPS) is 12.0. The summed E-state index contributed by atoms with van der Waals surface area (Å²) in [5.41, 5.74) is 1.29. The predicted octanol–water partition coefficient (Wildman–Crippen LogP) is 2.45. The first-order valence-corrected chi connectivity index (χ1v) is 8.77. The minimum atomic E-state index is -1.42. The molecule has 0 saturated carbocycles. The molecule has 0 aliphatic heterocycles. The second-order valence-corrected chi connectivity index (χ2v) is 7.78. The smallest absolute Gasteiger partial charge is 0.300 e. The summed E-state index contributed by atoms with van der Waals surface area (Å²) in [6, 6.07) is 21.7. The molecule has 2 aromatic carbocycles. The molecule has 2 rings (SSSR count). The van der Waals surface area contributed by atoms with Gasteiger partial charge in [0, 0.05) is 6.04 Å². The van der Waals surface area contributed by atoms with Crippen molar-refractivity contribution in [2.45, 2.75) is 18.5 Å². The van der Waals surface area contributed by atoms with Crippen molar-refractivity contribution < 1.29 is 9.90 Å². The standard InChI is InChI=1S/C16H18O2Si/c17-16(18)13-19(15-9-5-2-6-10-15)12-11-14-7-3-1-4-8-14/h1-10,19H,11-13H2,(H,17,18). The first-order chi connectivity index (χ1) is 9.25. The molecule has 0 aliphatic rings. The Morgan fingerprint density at radius 2 is 1.53 bits per heavy atom. The lowest BCUT2D eigenvalue weighted by atomic mass is 10.2. The molecule has 0 saturated heterocycles. The van der Waals surface area contributed by atoms with Gasteiger partial charge in [0.25, 0.3) is 0 Å². The fraction of sp³-hybridized carbons (Fsp3) is 0.188. The Labute approximate surface area is 115 Å². The SMILES string of the molecule is O=C(O)C[SiH](CCc1ccccc1)c1ccccc1. The summed E-state index contributed by atoms with van der Waals surface area (Å²) in [6.07, 6.45) is 0.972. The molecule has 3 heteroatoms. The van der Waals surface area contributed by atoms with E-state index in [0.29, 0.717) is 6.04 Å². The highest BCUT2D eigenvalue weighted by Gasteiger charge is 2.17. The van der Waals surface area contributed by atoms with Crippen LogP contribution in [0.1, 0.15) is 5.56 Å². The van der Waals surface area contributed by atoms with Crippen molar-refractivity contribution in [2.24, 2.45) is 0 Å². The van der Waals surface area contributed by atoms with Gasteiger partial charge in [-0.05, 0) is 12.0 Å². The highest BCUT2D eigenvalue weighted by molar-refractivity contribution is 6.75. The van der Waals surface area contributed by atoms with Crippen LogP contribution < -0.4 is 5.19 Å². The second kappa shape index (κ2) is 6.90. The average molecular weight is 270 g/mol. The van der Waals surface area contributed by atoms with Gasteiger partial charge in [0.2, 0.25) is 0 Å². The summed E-state index contributed by atoms with van der Waals surface area (Å²) in [4.78, 5) is 11.0. The molecular weight excluding hydrogens is 252 g/mol. The van der Waals surface area contributed by atoms with E-state index in [4.69, 9.17) is 5.11 Å². The maximum absolute atomic E-state index is 11.0. The van der Waals surface area contributed by atoms with Gasteiger partial charge < -0.3 is 5.11 Å². The molecule has 1 atom stereocenters. The Morgan fingerprint density at radius 1 is 0.947 bits per heavy atom. The number of carboxylic acid groups (broad SMARTS) is 1. The van der Waals surface area contributed by atoms with Gasteiger partial charge in [0.15, 0.2) is 0 Å². The Balaban J connectivity index is 2.04. The molecule has 19 heavy (non-hydrogen) atoms. The van der Waals surface area contributed by atoms with Gasteiger partial charge in [-0.25, -0.2) is 0 Å². The van der Waals surface area contributed by atoms with Crippen LogP contribution in [0.15, 0.2) is 60.7 Å². The topological polar surface area (TPSA) is 37.3 Å². The third-order valence-corrected chi connectivity index (χ3v) is 6.47. The number of hydrogen-bond donors (Lipinski definition) is 1. The third kappa shape index (κ3) is 4.37. The van der Waals surface area contributed by atoms with E-state index in [0.717, 1.165) is 12.5 Å². The van der Waals surface area contributed by atoms with Gasteiger partial charge in [0.1, 0.15) is 0 Å². The second-order valence-electron chi connectivity index (χ2n) is 4.73. The van der Waals surface area contributed by atoms with Gasteiger partial charge >= 0.3 is 5.97 Å². The molecular formula is C16H18O2Si. The molecule has 1 unspecified atom stereocenters. The summed E-state index contributed by atoms with van der Waals surface area (Å²) < 4.78 is 0. The van der Waals surface area contributed by atoms with Gasteiger partial charge in [-0.1, -0.05) is 71.9 Å². The van der Waals surface area contributed by atoms with Crippen molar-refractivity contribution in [3.8, 4) is 0 Å². The molecule has 0 aliphatic carbocycles. The molecule has 98 valence electrons. The molecule has 0 spiro atoms. The van der Waals surface area contributed by atoms with Crippen LogP contribution in [0.25, 0.3) is 0 Å². The fourth-order valence-electron chi connectivity index (χ4n) is 2.31. The minimum absolute atomic E-state index is 0.330. The van der Waals surface area contributed by atoms with Crippen LogP contribution >= 0.6 is 0 Å². The van der Waals surface area contributed by atoms with Crippen molar-refractivity contribution in [1.82, 2.24) is 0 Å². The summed E-state index contributed by atoms with van der Waals surface area (Å²) in [5, 5.41) is 10.3. The van der Waals surface area contributed by atoms with Crippen LogP contribution in [0.2, 0.25) is 12.1 Å². The van der Waals surface area contributed by atoms with E-state index in [9.17, 15) is 4.79 Å². The zero-order valence-electron chi connectivity index (χ0n) is 10.8. The Morgan fingerprint density at radius 3 is 2.11 bits per heavy atom. The zero-order valence-corrected chi connectivity index (χ0v) is 12.0. The van der Waals surface area contributed by atoms with Crippen LogP contribution in [-0.2, 0) is 11.2 Å². The summed E-state index contributed by atoms with van der Waals surface area (Å²) >= 11 is 0. The Bertz CT molecular complexity index is 511. The number of hydrogen-bond acceptors (Lipinski definition) is 1. The lowest BCUT2D eigenvalue weighted by Gasteiger charge is -2.13. The molecule has 0 fully saturated rings. The summed E-state index contributed by atoms with van der Waals surface area (Å²) in [7, 11) is -1.42. The number of benzene rings is 2. The monoisotopic (exact) mass is 270 g/mol. The summed E-state index contributed by atoms with van der Waals surface area (Å²) in [5.74, 6) is -0.673. The first kappa shape index (κ1) is 13.6. The number of aliphatic carboxylic acids is 1. The number of carbonyl (C=O) groups is 1. The van der Waals surface area contributed by atoms with Gasteiger partial charge in [-0.2, -0.15) is 0 Å². The third-order valence-electron chi connectivity index (χ3n) is 3.32.